The molecule has 0 bridgehead atoms. The third-order valence-electron chi connectivity index (χ3n) is 1.73. The third kappa shape index (κ3) is 1.20. The van der Waals surface area contributed by atoms with Crippen LogP contribution in [0.4, 0.5) is 0 Å². The summed E-state index contributed by atoms with van der Waals surface area (Å²) in [5, 5.41) is 7.17. The lowest BCUT2D eigenvalue weighted by Crippen LogP contribution is -2.10. The first-order valence-electron chi connectivity index (χ1n) is 3.64. The highest BCUT2D eigenvalue weighted by Gasteiger charge is 2.02. The van der Waals surface area contributed by atoms with E-state index >= 15 is 0 Å². The maximum atomic E-state index is 10.8. The second kappa shape index (κ2) is 2.48. The minimum atomic E-state index is -0.504. The predicted molar refractivity (Wildman–Crippen MR) is 47.9 cm³/mol. The Bertz CT molecular complexity index is 523. The van der Waals surface area contributed by atoms with Crippen LogP contribution >= 0.6 is 0 Å². The van der Waals surface area contributed by atoms with Gasteiger partial charge in [0.15, 0.2) is 5.58 Å². The van der Waals surface area contributed by atoms with Gasteiger partial charge in [0.2, 0.25) is 0 Å². The number of hydrogen-bond donors (Lipinski definition) is 3. The van der Waals surface area contributed by atoms with Crippen molar-refractivity contribution in [3.05, 3.63) is 34.3 Å². The minimum absolute atomic E-state index is 0.0380. The molecule has 0 saturated carbocycles. The fraction of sp³-hybridized carbons (Fsp3) is 0. The summed E-state index contributed by atoms with van der Waals surface area (Å²) in [4.78, 5) is 13.2. The smallest absolute Gasteiger partial charge is 0.408 e. The molecule has 5 heteroatoms. The zero-order valence-corrected chi connectivity index (χ0v) is 6.63. The van der Waals surface area contributed by atoms with Crippen molar-refractivity contribution in [1.29, 1.82) is 5.41 Å². The van der Waals surface area contributed by atoms with E-state index in [-0.39, 0.29) is 5.84 Å². The third-order valence-corrected chi connectivity index (χ3v) is 1.73. The van der Waals surface area contributed by atoms with Crippen molar-refractivity contribution in [2.75, 3.05) is 0 Å². The summed E-state index contributed by atoms with van der Waals surface area (Å²) in [7, 11) is 0. The van der Waals surface area contributed by atoms with Gasteiger partial charge in [0.05, 0.1) is 5.52 Å². The van der Waals surface area contributed by atoms with Crippen molar-refractivity contribution in [1.82, 2.24) is 4.98 Å². The summed E-state index contributed by atoms with van der Waals surface area (Å²) in [5.41, 5.74) is 6.85. The predicted octanol–water partition coefficient (Wildman–Crippen LogP) is 0.405. The minimum Gasteiger partial charge on any atom is -0.408 e. The summed E-state index contributed by atoms with van der Waals surface area (Å²) < 4.78 is 4.78. The normalized spacial score (nSPS) is 10.5. The monoisotopic (exact) mass is 177 g/mol. The van der Waals surface area contributed by atoms with E-state index in [2.05, 4.69) is 4.98 Å². The molecule has 4 N–H and O–H groups in total. The zero-order valence-electron chi connectivity index (χ0n) is 6.63. The lowest BCUT2D eigenvalue weighted by atomic mass is 10.2. The van der Waals surface area contributed by atoms with E-state index < -0.39 is 5.76 Å². The highest BCUT2D eigenvalue weighted by Crippen LogP contribution is 2.11. The first-order chi connectivity index (χ1) is 6.16. The SMILES string of the molecule is N=C(N)c1ccc2oc(=O)[nH]c2c1. The fourth-order valence-corrected chi connectivity index (χ4v) is 1.12. The van der Waals surface area contributed by atoms with Gasteiger partial charge in [-0.25, -0.2) is 4.79 Å². The molecule has 0 atom stereocenters. The summed E-state index contributed by atoms with van der Waals surface area (Å²) >= 11 is 0. The Balaban J connectivity index is 2.74. The second-order valence-corrected chi connectivity index (χ2v) is 2.64. The van der Waals surface area contributed by atoms with E-state index in [1.165, 1.54) is 0 Å². The molecule has 13 heavy (non-hydrogen) atoms. The first kappa shape index (κ1) is 7.60. The quantitative estimate of drug-likeness (QED) is 0.434. The summed E-state index contributed by atoms with van der Waals surface area (Å²) in [6.45, 7) is 0. The molecule has 1 aromatic heterocycles. The van der Waals surface area contributed by atoms with Crippen LogP contribution in [0.3, 0.4) is 0 Å². The van der Waals surface area contributed by atoms with Crippen molar-refractivity contribution in [3.63, 3.8) is 0 Å². The lowest BCUT2D eigenvalue weighted by Gasteiger charge is -1.95. The molecular formula is C8H7N3O2. The number of benzene rings is 1. The van der Waals surface area contributed by atoms with E-state index in [0.717, 1.165) is 0 Å². The molecule has 0 unspecified atom stereocenters. The number of aromatic nitrogens is 1. The molecule has 0 fully saturated rings. The molecule has 1 heterocycles. The van der Waals surface area contributed by atoms with Crippen molar-refractivity contribution in [2.24, 2.45) is 5.73 Å². The van der Waals surface area contributed by atoms with Crippen LogP contribution < -0.4 is 11.5 Å². The molecule has 1 aromatic carbocycles. The van der Waals surface area contributed by atoms with Crippen molar-refractivity contribution >= 4 is 16.9 Å². The number of nitrogens with one attached hydrogen (secondary N) is 2. The molecule has 0 aliphatic heterocycles. The van der Waals surface area contributed by atoms with Gasteiger partial charge in [-0.3, -0.25) is 10.4 Å². The van der Waals surface area contributed by atoms with Gasteiger partial charge in [-0.15, -0.1) is 0 Å². The van der Waals surface area contributed by atoms with Crippen LogP contribution in [0, 0.1) is 5.41 Å². The molecule has 5 nitrogen and oxygen atoms in total. The van der Waals surface area contributed by atoms with E-state index in [9.17, 15) is 4.79 Å². The number of fused-ring (bicyclic) bond motifs is 1. The molecule has 0 spiro atoms. The molecule has 0 aliphatic carbocycles. The van der Waals surface area contributed by atoms with E-state index in [0.29, 0.717) is 16.7 Å². The second-order valence-electron chi connectivity index (χ2n) is 2.64. The van der Waals surface area contributed by atoms with E-state index in [4.69, 9.17) is 15.6 Å². The number of aromatic amines is 1. The van der Waals surface area contributed by atoms with Crippen LogP contribution in [-0.2, 0) is 0 Å². The van der Waals surface area contributed by atoms with E-state index in [1.54, 1.807) is 18.2 Å². The Morgan fingerprint density at radius 3 is 3.00 bits per heavy atom. The van der Waals surface area contributed by atoms with Crippen LogP contribution in [0.2, 0.25) is 0 Å². The first-order valence-corrected chi connectivity index (χ1v) is 3.64. The number of rotatable bonds is 1. The topological polar surface area (TPSA) is 95.9 Å². The molecule has 2 rings (SSSR count). The highest BCUT2D eigenvalue weighted by atomic mass is 16.4. The Morgan fingerprint density at radius 2 is 2.31 bits per heavy atom. The molecule has 0 amide bonds. The van der Waals surface area contributed by atoms with Gasteiger partial charge in [0.1, 0.15) is 5.84 Å². The van der Waals surface area contributed by atoms with Gasteiger partial charge >= 0.3 is 5.76 Å². The molecule has 66 valence electrons. The summed E-state index contributed by atoms with van der Waals surface area (Å²) in [5.74, 6) is -0.542. The standard InChI is InChI=1S/C8H7N3O2/c9-7(10)4-1-2-6-5(3-4)11-8(12)13-6/h1-3H,(H3,9,10)(H,11,12). The van der Waals surface area contributed by atoms with Crippen LogP contribution in [-0.4, -0.2) is 10.8 Å². The molecule has 0 radical (unpaired) electrons. The Morgan fingerprint density at radius 1 is 1.54 bits per heavy atom. The Labute approximate surface area is 72.7 Å². The molecular weight excluding hydrogens is 170 g/mol. The number of hydrogen-bond acceptors (Lipinski definition) is 3. The van der Waals surface area contributed by atoms with Crippen molar-refractivity contribution in [3.8, 4) is 0 Å². The Kier molecular flexibility index (Phi) is 1.45. The fourth-order valence-electron chi connectivity index (χ4n) is 1.12. The van der Waals surface area contributed by atoms with Crippen LogP contribution in [0.5, 0.6) is 0 Å². The van der Waals surface area contributed by atoms with Crippen molar-refractivity contribution < 1.29 is 4.42 Å². The number of H-pyrrole nitrogens is 1. The van der Waals surface area contributed by atoms with Crippen LogP contribution in [0.15, 0.2) is 27.4 Å². The summed E-state index contributed by atoms with van der Waals surface area (Å²) in [6.07, 6.45) is 0. The van der Waals surface area contributed by atoms with E-state index in [1.807, 2.05) is 0 Å². The van der Waals surface area contributed by atoms with Gasteiger partial charge in [0, 0.05) is 5.56 Å². The van der Waals surface area contributed by atoms with Gasteiger partial charge < -0.3 is 10.2 Å². The van der Waals surface area contributed by atoms with Crippen molar-refractivity contribution in [2.45, 2.75) is 0 Å². The highest BCUT2D eigenvalue weighted by molar-refractivity contribution is 5.97. The Hall–Kier alpha value is -2.04. The average molecular weight is 177 g/mol. The zero-order chi connectivity index (χ0) is 9.42. The van der Waals surface area contributed by atoms with Gasteiger partial charge in [-0.1, -0.05) is 0 Å². The van der Waals surface area contributed by atoms with Crippen LogP contribution in [0.1, 0.15) is 5.56 Å². The number of oxazole rings is 1. The number of nitrogens with two attached hydrogens (primary N) is 1. The van der Waals surface area contributed by atoms with Crippen LogP contribution in [0.25, 0.3) is 11.1 Å². The molecule has 0 aliphatic rings. The average Bonchev–Trinajstić information content (AvgIpc) is 2.42. The largest absolute Gasteiger partial charge is 0.417 e. The molecule has 2 aromatic rings. The van der Waals surface area contributed by atoms with Gasteiger partial charge in [0.25, 0.3) is 0 Å². The molecule has 0 saturated heterocycles. The summed E-state index contributed by atoms with van der Waals surface area (Å²) in [6, 6.07) is 4.83. The lowest BCUT2D eigenvalue weighted by molar-refractivity contribution is 0.555. The maximum Gasteiger partial charge on any atom is 0.417 e. The van der Waals surface area contributed by atoms with Gasteiger partial charge in [-0.2, -0.15) is 0 Å². The maximum absolute atomic E-state index is 10.8. The number of nitrogen functional groups attached to an aromatic ring is 1. The number of amidine groups is 1. The van der Waals surface area contributed by atoms with Gasteiger partial charge in [-0.05, 0) is 18.2 Å².